The van der Waals surface area contributed by atoms with Crippen LogP contribution < -0.4 is 15.4 Å². The Labute approximate surface area is 194 Å². The number of anilines is 1. The first-order chi connectivity index (χ1) is 15.7. The summed E-state index contributed by atoms with van der Waals surface area (Å²) in [5.41, 5.74) is 5.56. The summed E-state index contributed by atoms with van der Waals surface area (Å²) in [5, 5.41) is 6.37. The van der Waals surface area contributed by atoms with Crippen molar-refractivity contribution in [2.24, 2.45) is 0 Å². The van der Waals surface area contributed by atoms with Gasteiger partial charge >= 0.3 is 0 Å². The number of fused-ring (bicyclic) bond motifs is 1. The molecule has 0 saturated heterocycles. The van der Waals surface area contributed by atoms with E-state index in [4.69, 9.17) is 4.74 Å². The maximum absolute atomic E-state index is 13.0. The van der Waals surface area contributed by atoms with E-state index in [0.717, 1.165) is 29.0 Å². The molecule has 1 aliphatic heterocycles. The van der Waals surface area contributed by atoms with Crippen molar-refractivity contribution >= 4 is 23.1 Å². The molecule has 168 valence electrons. The monoisotopic (exact) mass is 440 g/mol. The fourth-order valence-electron chi connectivity index (χ4n) is 4.08. The van der Waals surface area contributed by atoms with E-state index >= 15 is 0 Å². The van der Waals surface area contributed by atoms with Gasteiger partial charge in [0.05, 0.1) is 7.11 Å². The highest BCUT2D eigenvalue weighted by Gasteiger charge is 2.28. The van der Waals surface area contributed by atoms with Gasteiger partial charge in [-0.2, -0.15) is 0 Å². The fraction of sp³-hybridized carbons (Fsp3) is 0.214. The van der Waals surface area contributed by atoms with Gasteiger partial charge in [-0.05, 0) is 81.3 Å². The predicted octanol–water partition coefficient (Wildman–Crippen LogP) is 5.40. The van der Waals surface area contributed by atoms with Crippen molar-refractivity contribution in [1.82, 2.24) is 5.32 Å². The van der Waals surface area contributed by atoms with E-state index in [1.165, 1.54) is 5.56 Å². The number of allylic oxidation sites excluding steroid dienone is 1. The molecular weight excluding hydrogens is 412 g/mol. The Hall–Kier alpha value is -3.86. The van der Waals surface area contributed by atoms with Crippen LogP contribution in [0.4, 0.5) is 5.69 Å². The number of ketones is 1. The van der Waals surface area contributed by atoms with Crippen LogP contribution in [0.3, 0.4) is 0 Å². The van der Waals surface area contributed by atoms with Gasteiger partial charge in [-0.15, -0.1) is 0 Å². The molecule has 0 unspecified atom stereocenters. The van der Waals surface area contributed by atoms with E-state index in [-0.39, 0.29) is 17.2 Å². The number of ether oxygens (including phenoxy) is 1. The number of methoxy groups -OCH3 is 1. The molecule has 4 rings (SSSR count). The van der Waals surface area contributed by atoms with Crippen LogP contribution in [0, 0.1) is 6.92 Å². The van der Waals surface area contributed by atoms with E-state index < -0.39 is 0 Å². The molecule has 1 amide bonds. The van der Waals surface area contributed by atoms with E-state index in [1.54, 1.807) is 43.5 Å². The summed E-state index contributed by atoms with van der Waals surface area (Å²) in [7, 11) is 1.63. The lowest BCUT2D eigenvalue weighted by Gasteiger charge is -2.35. The number of nitrogens with one attached hydrogen (secondary N) is 2. The molecule has 2 N–H and O–H groups in total. The summed E-state index contributed by atoms with van der Waals surface area (Å²) in [5.74, 6) is 0.460. The Balaban J connectivity index is 1.54. The van der Waals surface area contributed by atoms with E-state index in [0.29, 0.717) is 16.8 Å². The first-order valence-electron chi connectivity index (χ1n) is 10.9. The fourth-order valence-corrected chi connectivity index (χ4v) is 4.08. The van der Waals surface area contributed by atoms with Crippen LogP contribution in [0.1, 0.15) is 51.3 Å². The molecule has 0 aliphatic carbocycles. The van der Waals surface area contributed by atoms with E-state index in [2.05, 4.69) is 30.5 Å². The first-order valence-corrected chi connectivity index (χ1v) is 10.9. The van der Waals surface area contributed by atoms with Gasteiger partial charge in [0.1, 0.15) is 5.75 Å². The molecule has 0 aromatic heterocycles. The van der Waals surface area contributed by atoms with Gasteiger partial charge < -0.3 is 15.4 Å². The topological polar surface area (TPSA) is 67.4 Å². The zero-order valence-corrected chi connectivity index (χ0v) is 19.4. The standard InChI is InChI=1S/C28H28N2O3/c1-18-6-5-7-20(14-18)27(32)29-22-11-8-19(9-12-22)26(31)16-25-24-15-23(33-4)13-10-21(24)17-28(2,3)30-25/h5-16,30H,17H2,1-4H3,(H,29,32). The lowest BCUT2D eigenvalue weighted by atomic mass is 9.85. The Morgan fingerprint density at radius 2 is 1.76 bits per heavy atom. The average Bonchev–Trinajstić information content (AvgIpc) is 2.78. The van der Waals surface area contributed by atoms with Crippen molar-refractivity contribution < 1.29 is 14.3 Å². The lowest BCUT2D eigenvalue weighted by molar-refractivity contribution is 0.102. The highest BCUT2D eigenvalue weighted by atomic mass is 16.5. The third-order valence-corrected chi connectivity index (χ3v) is 5.70. The summed E-state index contributed by atoms with van der Waals surface area (Å²) in [4.78, 5) is 25.5. The average molecular weight is 441 g/mol. The highest BCUT2D eigenvalue weighted by molar-refractivity contribution is 6.09. The largest absolute Gasteiger partial charge is 0.497 e. The number of hydrogen-bond acceptors (Lipinski definition) is 4. The Morgan fingerprint density at radius 1 is 1.00 bits per heavy atom. The van der Waals surface area contributed by atoms with Crippen molar-refractivity contribution in [2.45, 2.75) is 32.7 Å². The molecule has 0 bridgehead atoms. The second-order valence-electron chi connectivity index (χ2n) is 9.03. The summed E-state index contributed by atoms with van der Waals surface area (Å²) >= 11 is 0. The third kappa shape index (κ3) is 5.14. The van der Waals surface area contributed by atoms with Crippen LogP contribution in [-0.2, 0) is 6.42 Å². The smallest absolute Gasteiger partial charge is 0.255 e. The second kappa shape index (κ2) is 8.94. The van der Waals surface area contributed by atoms with Crippen molar-refractivity contribution in [3.63, 3.8) is 0 Å². The maximum Gasteiger partial charge on any atom is 0.255 e. The first kappa shape index (κ1) is 22.3. The lowest BCUT2D eigenvalue weighted by Crippen LogP contribution is -2.43. The SMILES string of the molecule is COc1ccc2c(c1)C(=CC(=O)c1ccc(NC(=O)c3cccc(C)c3)cc1)NC(C)(C)C2. The molecule has 33 heavy (non-hydrogen) atoms. The van der Waals surface area contributed by atoms with Crippen LogP contribution >= 0.6 is 0 Å². The predicted molar refractivity (Wildman–Crippen MR) is 132 cm³/mol. The molecule has 5 heteroatoms. The second-order valence-corrected chi connectivity index (χ2v) is 9.03. The molecule has 0 fully saturated rings. The number of carbonyl (C=O) groups excluding carboxylic acids is 2. The zero-order chi connectivity index (χ0) is 23.6. The van der Waals surface area contributed by atoms with Gasteiger partial charge in [0.2, 0.25) is 0 Å². The van der Waals surface area contributed by atoms with Crippen LogP contribution in [0.15, 0.2) is 72.8 Å². The Morgan fingerprint density at radius 3 is 2.45 bits per heavy atom. The number of aryl methyl sites for hydroxylation is 1. The minimum Gasteiger partial charge on any atom is -0.497 e. The molecule has 5 nitrogen and oxygen atoms in total. The number of carbonyl (C=O) groups is 2. The quantitative estimate of drug-likeness (QED) is 0.412. The van der Waals surface area contributed by atoms with Gasteiger partial charge in [0.15, 0.2) is 5.78 Å². The van der Waals surface area contributed by atoms with Crippen LogP contribution in [-0.4, -0.2) is 24.3 Å². The zero-order valence-electron chi connectivity index (χ0n) is 19.4. The summed E-state index contributed by atoms with van der Waals surface area (Å²) in [6.45, 7) is 6.18. The summed E-state index contributed by atoms with van der Waals surface area (Å²) in [6.07, 6.45) is 2.49. The van der Waals surface area contributed by atoms with Crippen LogP contribution in [0.25, 0.3) is 5.70 Å². The molecule has 1 aliphatic rings. The van der Waals surface area contributed by atoms with Crippen molar-refractivity contribution in [3.05, 3.63) is 101 Å². The number of benzene rings is 3. The van der Waals surface area contributed by atoms with E-state index in [1.807, 2.05) is 37.3 Å². The number of rotatable bonds is 5. The van der Waals surface area contributed by atoms with Gasteiger partial charge in [0.25, 0.3) is 5.91 Å². The van der Waals surface area contributed by atoms with Gasteiger partial charge in [-0.25, -0.2) is 0 Å². The van der Waals surface area contributed by atoms with E-state index in [9.17, 15) is 9.59 Å². The minimum atomic E-state index is -0.181. The molecule has 0 atom stereocenters. The minimum absolute atomic E-state index is 0.111. The van der Waals surface area contributed by atoms with Crippen LogP contribution in [0.5, 0.6) is 5.75 Å². The van der Waals surface area contributed by atoms with Crippen molar-refractivity contribution in [3.8, 4) is 5.75 Å². The molecule has 3 aromatic carbocycles. The summed E-state index contributed by atoms with van der Waals surface area (Å²) in [6, 6.07) is 20.3. The number of hydrogen-bond donors (Lipinski definition) is 2. The van der Waals surface area contributed by atoms with Crippen molar-refractivity contribution in [2.75, 3.05) is 12.4 Å². The molecule has 0 spiro atoms. The normalized spacial score (nSPS) is 15.3. The van der Waals surface area contributed by atoms with Gasteiger partial charge in [0, 0.05) is 39.7 Å². The molecule has 0 saturated carbocycles. The molecular formula is C28H28N2O3. The van der Waals surface area contributed by atoms with Crippen LogP contribution in [0.2, 0.25) is 0 Å². The van der Waals surface area contributed by atoms with Crippen molar-refractivity contribution in [1.29, 1.82) is 0 Å². The Bertz CT molecular complexity index is 1240. The summed E-state index contributed by atoms with van der Waals surface area (Å²) < 4.78 is 5.38. The molecule has 3 aromatic rings. The highest BCUT2D eigenvalue weighted by Crippen LogP contribution is 2.32. The maximum atomic E-state index is 13.0. The molecule has 0 radical (unpaired) electrons. The Kier molecular flexibility index (Phi) is 6.05. The van der Waals surface area contributed by atoms with Gasteiger partial charge in [-0.3, -0.25) is 9.59 Å². The van der Waals surface area contributed by atoms with Gasteiger partial charge in [-0.1, -0.05) is 23.8 Å². The number of amides is 1. The molecule has 1 heterocycles. The third-order valence-electron chi connectivity index (χ3n) is 5.70.